The number of amides is 1. The van der Waals surface area contributed by atoms with E-state index in [1.165, 1.54) is 11.8 Å². The van der Waals surface area contributed by atoms with Crippen molar-refractivity contribution in [1.29, 1.82) is 0 Å². The summed E-state index contributed by atoms with van der Waals surface area (Å²) in [5.41, 5.74) is 1.62. The van der Waals surface area contributed by atoms with Crippen molar-refractivity contribution in [3.05, 3.63) is 34.6 Å². The zero-order valence-corrected chi connectivity index (χ0v) is 14.9. The summed E-state index contributed by atoms with van der Waals surface area (Å²) in [6.07, 6.45) is 2.32. The van der Waals surface area contributed by atoms with Crippen molar-refractivity contribution < 1.29 is 4.79 Å². The average molecular weight is 351 g/mol. The van der Waals surface area contributed by atoms with Crippen LogP contribution < -0.4 is 5.32 Å². The molecule has 1 aliphatic carbocycles. The molecule has 1 fully saturated rings. The lowest BCUT2D eigenvalue weighted by atomic mass is 10.2. The number of hydrogen-bond donors (Lipinski definition) is 1. The normalized spacial score (nSPS) is 15.5. The van der Waals surface area contributed by atoms with Gasteiger partial charge in [-0.3, -0.25) is 4.79 Å². The SMILES string of the molecule is Cc1c(Cl)cccc1NC(=O)[C@H](C)Sc1nnc(C)n1C1CC1. The predicted octanol–water partition coefficient (Wildman–Crippen LogP) is 4.00. The number of nitrogens with zero attached hydrogens (tertiary/aromatic N) is 3. The maximum absolute atomic E-state index is 12.5. The van der Waals surface area contributed by atoms with Gasteiger partial charge in [0.15, 0.2) is 5.16 Å². The highest BCUT2D eigenvalue weighted by atomic mass is 35.5. The van der Waals surface area contributed by atoms with Crippen molar-refractivity contribution in [3.63, 3.8) is 0 Å². The number of nitrogens with one attached hydrogen (secondary N) is 1. The van der Waals surface area contributed by atoms with Crippen molar-refractivity contribution in [2.24, 2.45) is 0 Å². The molecule has 0 radical (unpaired) electrons. The molecule has 1 aromatic heterocycles. The second-order valence-corrected chi connectivity index (χ2v) is 7.51. The number of rotatable bonds is 5. The molecule has 0 spiro atoms. The highest BCUT2D eigenvalue weighted by molar-refractivity contribution is 8.00. The summed E-state index contributed by atoms with van der Waals surface area (Å²) in [5, 5.41) is 12.5. The van der Waals surface area contributed by atoms with Gasteiger partial charge in [-0.15, -0.1) is 10.2 Å². The van der Waals surface area contributed by atoms with E-state index in [1.54, 1.807) is 0 Å². The first-order valence-corrected chi connectivity index (χ1v) is 8.87. The predicted molar refractivity (Wildman–Crippen MR) is 93.2 cm³/mol. The van der Waals surface area contributed by atoms with Gasteiger partial charge in [0.2, 0.25) is 5.91 Å². The van der Waals surface area contributed by atoms with E-state index in [-0.39, 0.29) is 11.2 Å². The van der Waals surface area contributed by atoms with Crippen molar-refractivity contribution in [1.82, 2.24) is 14.8 Å². The lowest BCUT2D eigenvalue weighted by Gasteiger charge is -2.14. The van der Waals surface area contributed by atoms with E-state index in [1.807, 2.05) is 39.0 Å². The largest absolute Gasteiger partial charge is 0.325 e. The molecule has 1 aromatic carbocycles. The molecule has 0 unspecified atom stereocenters. The quantitative estimate of drug-likeness (QED) is 0.828. The van der Waals surface area contributed by atoms with E-state index in [4.69, 9.17) is 11.6 Å². The van der Waals surface area contributed by atoms with Crippen LogP contribution in [0.5, 0.6) is 0 Å². The third-order valence-corrected chi connectivity index (χ3v) is 5.39. The van der Waals surface area contributed by atoms with Gasteiger partial charge in [-0.25, -0.2) is 0 Å². The van der Waals surface area contributed by atoms with Crippen LogP contribution in [0.1, 0.15) is 37.2 Å². The first-order valence-electron chi connectivity index (χ1n) is 7.61. The minimum atomic E-state index is -0.269. The van der Waals surface area contributed by atoms with Gasteiger partial charge in [-0.2, -0.15) is 0 Å². The Bertz CT molecular complexity index is 742. The Morgan fingerprint density at radius 1 is 1.39 bits per heavy atom. The molecular formula is C16H19ClN4OS. The molecule has 1 amide bonds. The summed E-state index contributed by atoms with van der Waals surface area (Å²) in [4.78, 5) is 12.5. The fraction of sp³-hybridized carbons (Fsp3) is 0.438. The van der Waals surface area contributed by atoms with Crippen LogP contribution in [0.25, 0.3) is 0 Å². The molecule has 7 heteroatoms. The Morgan fingerprint density at radius 3 is 2.83 bits per heavy atom. The standard InChI is InChI=1S/C16H19ClN4OS/c1-9-13(17)5-4-6-14(9)18-15(22)10(2)23-16-20-19-11(3)21(16)12-7-8-12/h4-6,10,12H,7-8H2,1-3H3,(H,18,22)/t10-/m0/s1. The summed E-state index contributed by atoms with van der Waals surface area (Å²) in [5.74, 6) is 0.844. The molecular weight excluding hydrogens is 332 g/mol. The molecule has 5 nitrogen and oxygen atoms in total. The first kappa shape index (κ1) is 16.3. The Kier molecular flexibility index (Phi) is 4.64. The number of aromatic nitrogens is 3. The molecule has 0 saturated heterocycles. The number of thioether (sulfide) groups is 1. The van der Waals surface area contributed by atoms with Crippen molar-refractivity contribution in [2.75, 3.05) is 5.32 Å². The minimum Gasteiger partial charge on any atom is -0.325 e. The minimum absolute atomic E-state index is 0.0663. The van der Waals surface area contributed by atoms with Gasteiger partial charge >= 0.3 is 0 Å². The van der Waals surface area contributed by atoms with Crippen LogP contribution in [0.15, 0.2) is 23.4 Å². The zero-order valence-electron chi connectivity index (χ0n) is 13.3. The fourth-order valence-electron chi connectivity index (χ4n) is 2.37. The van der Waals surface area contributed by atoms with Crippen molar-refractivity contribution in [2.45, 2.75) is 50.1 Å². The second-order valence-electron chi connectivity index (χ2n) is 5.79. The Hall–Kier alpha value is -1.53. The molecule has 3 rings (SSSR count). The smallest absolute Gasteiger partial charge is 0.237 e. The van der Waals surface area contributed by atoms with Crippen LogP contribution in [0.2, 0.25) is 5.02 Å². The maximum atomic E-state index is 12.5. The number of carbonyl (C=O) groups excluding carboxylic acids is 1. The van der Waals surface area contributed by atoms with E-state index in [2.05, 4.69) is 20.1 Å². The highest BCUT2D eigenvalue weighted by Gasteiger charge is 2.29. The Morgan fingerprint density at radius 2 is 2.13 bits per heavy atom. The molecule has 1 saturated carbocycles. The monoisotopic (exact) mass is 350 g/mol. The Balaban J connectivity index is 1.69. The van der Waals surface area contributed by atoms with Crippen LogP contribution in [-0.2, 0) is 4.79 Å². The average Bonchev–Trinajstić information content (AvgIpc) is 3.28. The van der Waals surface area contributed by atoms with E-state index >= 15 is 0 Å². The van der Waals surface area contributed by atoms with Crippen molar-refractivity contribution >= 4 is 35.0 Å². The molecule has 1 aliphatic rings. The van der Waals surface area contributed by atoms with E-state index in [0.717, 1.165) is 35.1 Å². The van der Waals surface area contributed by atoms with Gasteiger partial charge in [-0.1, -0.05) is 29.4 Å². The number of benzene rings is 1. The van der Waals surface area contributed by atoms with Gasteiger partial charge in [0.25, 0.3) is 0 Å². The number of hydrogen-bond acceptors (Lipinski definition) is 4. The second kappa shape index (κ2) is 6.53. The van der Waals surface area contributed by atoms with E-state index in [0.29, 0.717) is 11.1 Å². The number of anilines is 1. The van der Waals surface area contributed by atoms with E-state index in [9.17, 15) is 4.79 Å². The summed E-state index contributed by atoms with van der Waals surface area (Å²) < 4.78 is 2.14. The molecule has 1 heterocycles. The molecule has 0 bridgehead atoms. The molecule has 122 valence electrons. The maximum Gasteiger partial charge on any atom is 0.237 e. The topological polar surface area (TPSA) is 59.8 Å². The molecule has 23 heavy (non-hydrogen) atoms. The zero-order chi connectivity index (χ0) is 16.6. The van der Waals surface area contributed by atoms with Crippen molar-refractivity contribution in [3.8, 4) is 0 Å². The van der Waals surface area contributed by atoms with Crippen LogP contribution in [0.4, 0.5) is 5.69 Å². The Labute approximate surface area is 144 Å². The van der Waals surface area contributed by atoms with Gasteiger partial charge in [0.05, 0.1) is 5.25 Å². The number of carbonyl (C=O) groups is 1. The fourth-order valence-corrected chi connectivity index (χ4v) is 3.51. The van der Waals surface area contributed by atoms with E-state index < -0.39 is 0 Å². The molecule has 1 N–H and O–H groups in total. The third kappa shape index (κ3) is 3.53. The summed E-state index contributed by atoms with van der Waals surface area (Å²) in [7, 11) is 0. The van der Waals surface area contributed by atoms with Gasteiger partial charge in [0, 0.05) is 16.8 Å². The summed E-state index contributed by atoms with van der Waals surface area (Å²) in [6, 6.07) is 5.99. The summed E-state index contributed by atoms with van der Waals surface area (Å²) in [6.45, 7) is 5.72. The highest BCUT2D eigenvalue weighted by Crippen LogP contribution is 2.39. The molecule has 0 aliphatic heterocycles. The lowest BCUT2D eigenvalue weighted by molar-refractivity contribution is -0.115. The number of aryl methyl sites for hydroxylation is 1. The lowest BCUT2D eigenvalue weighted by Crippen LogP contribution is -2.23. The molecule has 2 aromatic rings. The van der Waals surface area contributed by atoms with Crippen LogP contribution in [-0.4, -0.2) is 25.9 Å². The number of halogens is 1. The molecule has 1 atom stereocenters. The van der Waals surface area contributed by atoms with Crippen LogP contribution in [0, 0.1) is 13.8 Å². The van der Waals surface area contributed by atoms with Crippen LogP contribution >= 0.6 is 23.4 Å². The van der Waals surface area contributed by atoms with Gasteiger partial charge in [-0.05, 0) is 51.3 Å². The third-order valence-electron chi connectivity index (χ3n) is 3.92. The van der Waals surface area contributed by atoms with Gasteiger partial charge < -0.3 is 9.88 Å². The van der Waals surface area contributed by atoms with Gasteiger partial charge in [0.1, 0.15) is 5.82 Å². The first-order chi connectivity index (χ1) is 11.0. The summed E-state index contributed by atoms with van der Waals surface area (Å²) >= 11 is 7.53. The van der Waals surface area contributed by atoms with Crippen LogP contribution in [0.3, 0.4) is 0 Å².